The van der Waals surface area contributed by atoms with E-state index in [1.807, 2.05) is 6.92 Å². The summed E-state index contributed by atoms with van der Waals surface area (Å²) in [5.74, 6) is -4.51. The summed E-state index contributed by atoms with van der Waals surface area (Å²) in [4.78, 5) is 57.2. The predicted molar refractivity (Wildman–Crippen MR) is 221 cm³/mol. The largest absolute Gasteiger partial charge is 0.508 e. The number of aliphatic hydroxyl groups excluding tert-OH is 1. The normalized spacial score (nSPS) is 34.7. The van der Waals surface area contributed by atoms with Gasteiger partial charge in [-0.25, -0.2) is 4.18 Å². The Morgan fingerprint density at radius 3 is 2.42 bits per heavy atom. The minimum absolute atomic E-state index is 0.0175. The van der Waals surface area contributed by atoms with Crippen molar-refractivity contribution in [2.75, 3.05) is 13.2 Å². The summed E-state index contributed by atoms with van der Waals surface area (Å²) >= 11 is 3.39. The maximum atomic E-state index is 13.3. The topological polar surface area (TPSA) is 278 Å². The first-order valence-electron chi connectivity index (χ1n) is 21.5. The van der Waals surface area contributed by atoms with Gasteiger partial charge < -0.3 is 39.6 Å². The Labute approximate surface area is 376 Å². The minimum atomic E-state index is -5.41. The van der Waals surface area contributed by atoms with Crippen LogP contribution in [0.15, 0.2) is 36.4 Å². The molecule has 1 aromatic rings. The highest BCUT2D eigenvalue weighted by Crippen LogP contribution is 2.70. The van der Waals surface area contributed by atoms with Crippen LogP contribution in [0.3, 0.4) is 0 Å². The van der Waals surface area contributed by atoms with Crippen LogP contribution in [0.4, 0.5) is 0 Å². The summed E-state index contributed by atoms with van der Waals surface area (Å²) in [5, 5.41) is 43.3. The molecule has 22 heteroatoms. The van der Waals surface area contributed by atoms with Crippen LogP contribution in [0.1, 0.15) is 90.5 Å². The molecule has 358 valence electrons. The van der Waals surface area contributed by atoms with E-state index in [4.69, 9.17) is 28.0 Å². The van der Waals surface area contributed by atoms with E-state index < -0.39 is 107 Å². The molecule has 5 aliphatic rings. The third-order valence-corrected chi connectivity index (χ3v) is 14.5. The first-order chi connectivity index (χ1) is 30.2. The number of nitrogens with one attached hydrogen (secondary N) is 1. The van der Waals surface area contributed by atoms with Crippen molar-refractivity contribution in [2.24, 2.45) is 40.4 Å². The number of benzene rings is 1. The lowest BCUT2D eigenvalue weighted by Crippen LogP contribution is -2.64. The number of carboxylic acids is 1. The quantitative estimate of drug-likeness (QED) is 0.0124. The fourth-order valence-electron chi connectivity index (χ4n) is 11.3. The van der Waals surface area contributed by atoms with Crippen LogP contribution in [0, 0.1) is 40.4 Å². The number of ether oxygens (including phenoxy) is 4. The summed E-state index contributed by atoms with van der Waals surface area (Å²) in [7, 11) is -5.41. The molecular formula is C42H59NO19S2. The second-order valence-corrected chi connectivity index (χ2v) is 19.5. The molecule has 0 aromatic heterocycles. The lowest BCUT2D eigenvalue weighted by molar-refractivity contribution is -0.620. The third kappa shape index (κ3) is 11.6. The maximum absolute atomic E-state index is 13.3. The molecule has 5 N–H and O–H groups in total. The summed E-state index contributed by atoms with van der Waals surface area (Å²) in [6.45, 7) is 9.20. The van der Waals surface area contributed by atoms with Crippen molar-refractivity contribution in [3.05, 3.63) is 42.0 Å². The Bertz CT molecular complexity index is 1950. The lowest BCUT2D eigenvalue weighted by Gasteiger charge is -2.62. The van der Waals surface area contributed by atoms with Crippen molar-refractivity contribution in [1.29, 1.82) is 0 Å². The fraction of sp³-hybridized carbons (Fsp3) is 0.714. The molecule has 1 amide bonds. The van der Waals surface area contributed by atoms with E-state index in [1.165, 1.54) is 12.1 Å². The molecule has 0 radical (unpaired) electrons. The van der Waals surface area contributed by atoms with Crippen LogP contribution in [-0.2, 0) is 78.4 Å². The Morgan fingerprint density at radius 1 is 1.02 bits per heavy atom. The summed E-state index contributed by atoms with van der Waals surface area (Å²) < 4.78 is 68.2. The number of esters is 2. The van der Waals surface area contributed by atoms with Gasteiger partial charge in [0.15, 0.2) is 24.6 Å². The molecule has 4 saturated carbocycles. The number of carbonyl (C=O) groups excluding carboxylic acids is 3. The molecule has 1 aliphatic heterocycles. The van der Waals surface area contributed by atoms with Crippen molar-refractivity contribution < 1.29 is 89.9 Å². The van der Waals surface area contributed by atoms with Gasteiger partial charge in [0.05, 0.1) is 24.5 Å². The molecular weight excluding hydrogens is 887 g/mol. The third-order valence-electron chi connectivity index (χ3n) is 13.9. The number of amides is 1. The summed E-state index contributed by atoms with van der Waals surface area (Å²) in [6, 6.07) is 6.45. The zero-order chi connectivity index (χ0) is 46.6. The lowest BCUT2D eigenvalue weighted by atomic mass is 9.43. The highest BCUT2D eigenvalue weighted by Gasteiger charge is 2.67. The van der Waals surface area contributed by atoms with E-state index in [0.717, 1.165) is 30.4 Å². The van der Waals surface area contributed by atoms with E-state index in [-0.39, 0.29) is 61.6 Å². The zero-order valence-electron chi connectivity index (χ0n) is 35.9. The molecule has 4 aliphatic carbocycles. The fourth-order valence-corrected chi connectivity index (χ4v) is 11.8. The van der Waals surface area contributed by atoms with Gasteiger partial charge in [-0.1, -0.05) is 39.5 Å². The molecule has 8 unspecified atom stereocenters. The van der Waals surface area contributed by atoms with Crippen LogP contribution >= 0.6 is 12.9 Å². The number of hydrogen-bond donors (Lipinski definition) is 6. The zero-order valence-corrected chi connectivity index (χ0v) is 37.6. The number of phenolic OH excluding ortho intramolecular Hbond substituents is 1. The van der Waals surface area contributed by atoms with Crippen molar-refractivity contribution in [3.8, 4) is 5.75 Å². The molecule has 1 aromatic carbocycles. The van der Waals surface area contributed by atoms with Gasteiger partial charge in [-0.3, -0.25) is 23.7 Å². The molecule has 2 bridgehead atoms. The molecule has 20 nitrogen and oxygen atoms in total. The molecule has 64 heavy (non-hydrogen) atoms. The van der Waals surface area contributed by atoms with Crippen molar-refractivity contribution in [1.82, 2.24) is 5.32 Å². The average Bonchev–Trinajstić information content (AvgIpc) is 3.39. The number of phenols is 1. The second-order valence-electron chi connectivity index (χ2n) is 18.3. The number of aromatic hydroxyl groups is 1. The number of thiol groups is 1. The molecule has 1 heterocycles. The Morgan fingerprint density at radius 2 is 1.75 bits per heavy atom. The number of carboxylic acid groups (broad SMARTS) is 1. The summed E-state index contributed by atoms with van der Waals surface area (Å²) in [5.41, 5.74) is 0.493. The van der Waals surface area contributed by atoms with Gasteiger partial charge in [-0.2, -0.15) is 13.3 Å². The Balaban J connectivity index is 1.24. The Hall–Kier alpha value is -3.42. The first-order valence-corrected chi connectivity index (χ1v) is 23.2. The van der Waals surface area contributed by atoms with Gasteiger partial charge in [0.1, 0.15) is 18.5 Å². The highest BCUT2D eigenvalue weighted by atomic mass is 32.3. The standard InChI is InChI=1S/C42H59NO19S2/c1-22(2)17-34(47)57-37-36(59-64(51,52)53)35(58-60-61-62-63)30(21-54-33(46)12-11-32(45)43-16-14-24-5-8-26(44)9-6-24)56-40(37)55-27-18-28(39(49)50)29-13-15-42-19-25(23(3)38(42)48)7-10-31(42)41(29,4)20-27/h5-6,8-9,22,25,27-31,35-38,40,44,48,63H,3,7,10-21H2,1-2,4H3,(H,43,45)(H,49,50)(H,51,52,53)/t25?,27?,28?,29?,30-,31?,35+,36-,37?,38-,40+,41?,42?/m0/s1. The number of aliphatic carboxylic acids is 1. The smallest absolute Gasteiger partial charge is 0.397 e. The van der Waals surface area contributed by atoms with Gasteiger partial charge in [0, 0.05) is 37.7 Å². The highest BCUT2D eigenvalue weighted by molar-refractivity contribution is 7.80. The number of fused-ring (bicyclic) bond motifs is 3. The number of aliphatic hydroxyl groups is 1. The van der Waals surface area contributed by atoms with Gasteiger partial charge in [0.2, 0.25) is 5.91 Å². The van der Waals surface area contributed by atoms with Gasteiger partial charge in [0.25, 0.3) is 0 Å². The van der Waals surface area contributed by atoms with E-state index in [0.29, 0.717) is 19.3 Å². The molecule has 5 fully saturated rings. The number of carbonyl (C=O) groups is 4. The molecule has 13 atom stereocenters. The van der Waals surface area contributed by atoms with Crippen LogP contribution in [0.25, 0.3) is 0 Å². The second kappa shape index (κ2) is 21.0. The SMILES string of the molecule is C=C1C2CCC3C4(C)CC(O[C@@H]5O[C@@H](COC(=O)CCC(=O)NCCc6ccc(O)cc6)[C@@H](OOOOS)[C@H](OS(=O)(=O)O)C5OC(=O)CC(C)C)CC(C(=O)O)C4CCC3(C2)[C@H]1O. The molecule has 1 saturated heterocycles. The van der Waals surface area contributed by atoms with Crippen LogP contribution in [-0.4, -0.2) is 108 Å². The van der Waals surface area contributed by atoms with E-state index in [1.54, 1.807) is 26.0 Å². The minimum Gasteiger partial charge on any atom is -0.508 e. The Kier molecular flexibility index (Phi) is 16.4. The number of rotatable bonds is 20. The first kappa shape index (κ1) is 50.0. The summed E-state index contributed by atoms with van der Waals surface area (Å²) in [6.07, 6.45) is -7.50. The maximum Gasteiger partial charge on any atom is 0.397 e. The van der Waals surface area contributed by atoms with Gasteiger partial charge in [-0.15, -0.1) is 4.33 Å². The van der Waals surface area contributed by atoms with Crippen LogP contribution < -0.4 is 5.32 Å². The average molecular weight is 946 g/mol. The predicted octanol–water partition coefficient (Wildman–Crippen LogP) is 3.90. The molecule has 6 rings (SSSR count). The number of hydrogen-bond acceptors (Lipinski definition) is 18. The van der Waals surface area contributed by atoms with Crippen molar-refractivity contribution in [2.45, 2.75) is 134 Å². The van der Waals surface area contributed by atoms with Gasteiger partial charge >= 0.3 is 28.3 Å². The van der Waals surface area contributed by atoms with E-state index >= 15 is 0 Å². The monoisotopic (exact) mass is 945 g/mol. The van der Waals surface area contributed by atoms with E-state index in [2.05, 4.69) is 39.2 Å². The van der Waals surface area contributed by atoms with Crippen molar-refractivity contribution in [3.63, 3.8) is 0 Å². The van der Waals surface area contributed by atoms with Crippen LogP contribution in [0.2, 0.25) is 0 Å². The van der Waals surface area contributed by atoms with Crippen LogP contribution in [0.5, 0.6) is 5.75 Å². The van der Waals surface area contributed by atoms with Gasteiger partial charge in [-0.05, 0) is 114 Å². The van der Waals surface area contributed by atoms with E-state index in [9.17, 15) is 47.5 Å². The van der Waals surface area contributed by atoms with Crippen molar-refractivity contribution >= 4 is 47.1 Å². The molecule has 1 spiro atoms.